The molecule has 2 atom stereocenters. The van der Waals surface area contributed by atoms with Crippen molar-refractivity contribution in [2.24, 2.45) is 5.73 Å². The lowest BCUT2D eigenvalue weighted by atomic mass is 10.1. The van der Waals surface area contributed by atoms with Crippen LogP contribution < -0.4 is 11.1 Å². The quantitative estimate of drug-likeness (QED) is 0.607. The average molecular weight is 258 g/mol. The van der Waals surface area contributed by atoms with Crippen molar-refractivity contribution in [3.63, 3.8) is 0 Å². The summed E-state index contributed by atoms with van der Waals surface area (Å²) in [5, 5.41) is 11.2. The summed E-state index contributed by atoms with van der Waals surface area (Å²) in [5.74, 6) is -1.22. The van der Waals surface area contributed by atoms with Gasteiger partial charge in [0.05, 0.1) is 12.1 Å². The van der Waals surface area contributed by atoms with Gasteiger partial charge in [0.2, 0.25) is 5.91 Å². The summed E-state index contributed by atoms with van der Waals surface area (Å²) in [7, 11) is 0. The van der Waals surface area contributed by atoms with Gasteiger partial charge in [-0.3, -0.25) is 9.59 Å². The van der Waals surface area contributed by atoms with Crippen molar-refractivity contribution in [3.8, 4) is 0 Å². The Bertz CT molecular complexity index is 277. The molecule has 1 aliphatic rings. The van der Waals surface area contributed by atoms with E-state index in [1.54, 1.807) is 0 Å². The standard InChI is InChI=1S/C12H22N2O4/c13-10(4-5-11(15)16)12(17)14-7-6-9-3-1-2-8-18-9/h9-10H,1-8,13H2,(H,14,17)(H,15,16). The Balaban J connectivity index is 2.09. The van der Waals surface area contributed by atoms with Crippen molar-refractivity contribution in [2.45, 2.75) is 50.7 Å². The third-order valence-electron chi connectivity index (χ3n) is 3.05. The summed E-state index contributed by atoms with van der Waals surface area (Å²) in [6.07, 6.45) is 4.44. The average Bonchev–Trinajstić information content (AvgIpc) is 2.37. The van der Waals surface area contributed by atoms with Gasteiger partial charge >= 0.3 is 5.97 Å². The van der Waals surface area contributed by atoms with Gasteiger partial charge in [0.1, 0.15) is 0 Å². The van der Waals surface area contributed by atoms with Crippen LogP contribution in [0.1, 0.15) is 38.5 Å². The van der Waals surface area contributed by atoms with Crippen LogP contribution in [-0.2, 0) is 14.3 Å². The molecular formula is C12H22N2O4. The third-order valence-corrected chi connectivity index (χ3v) is 3.05. The summed E-state index contributed by atoms with van der Waals surface area (Å²) in [4.78, 5) is 21.9. The molecule has 2 unspecified atom stereocenters. The number of carbonyl (C=O) groups excluding carboxylic acids is 1. The molecule has 1 aliphatic heterocycles. The fourth-order valence-electron chi connectivity index (χ4n) is 1.93. The Morgan fingerprint density at radius 2 is 2.22 bits per heavy atom. The topological polar surface area (TPSA) is 102 Å². The highest BCUT2D eigenvalue weighted by Crippen LogP contribution is 2.14. The Morgan fingerprint density at radius 1 is 1.44 bits per heavy atom. The number of ether oxygens (including phenoxy) is 1. The molecule has 18 heavy (non-hydrogen) atoms. The monoisotopic (exact) mass is 258 g/mol. The van der Waals surface area contributed by atoms with E-state index >= 15 is 0 Å². The Kier molecular flexibility index (Phi) is 6.67. The van der Waals surface area contributed by atoms with Gasteiger partial charge in [-0.2, -0.15) is 0 Å². The number of carboxylic acid groups (broad SMARTS) is 1. The smallest absolute Gasteiger partial charge is 0.303 e. The maximum absolute atomic E-state index is 11.5. The molecule has 1 rings (SSSR count). The van der Waals surface area contributed by atoms with E-state index in [2.05, 4.69) is 5.32 Å². The molecule has 0 saturated carbocycles. The van der Waals surface area contributed by atoms with Crippen LogP contribution in [0.2, 0.25) is 0 Å². The third kappa shape index (κ3) is 5.97. The minimum Gasteiger partial charge on any atom is -0.481 e. The lowest BCUT2D eigenvalue weighted by Crippen LogP contribution is -2.42. The maximum atomic E-state index is 11.5. The number of hydrogen-bond donors (Lipinski definition) is 3. The van der Waals surface area contributed by atoms with Gasteiger partial charge in [0.15, 0.2) is 0 Å². The van der Waals surface area contributed by atoms with Crippen LogP contribution >= 0.6 is 0 Å². The number of carboxylic acids is 1. The molecule has 1 amide bonds. The van der Waals surface area contributed by atoms with E-state index in [9.17, 15) is 9.59 Å². The zero-order chi connectivity index (χ0) is 13.4. The molecular weight excluding hydrogens is 236 g/mol. The van der Waals surface area contributed by atoms with Crippen LogP contribution in [0.25, 0.3) is 0 Å². The fourth-order valence-corrected chi connectivity index (χ4v) is 1.93. The summed E-state index contributed by atoms with van der Waals surface area (Å²) >= 11 is 0. The Hall–Kier alpha value is -1.14. The molecule has 104 valence electrons. The van der Waals surface area contributed by atoms with Crippen LogP contribution in [0.4, 0.5) is 0 Å². The van der Waals surface area contributed by atoms with E-state index < -0.39 is 12.0 Å². The lowest BCUT2D eigenvalue weighted by Gasteiger charge is -2.22. The first-order valence-corrected chi connectivity index (χ1v) is 6.46. The van der Waals surface area contributed by atoms with Crippen LogP contribution in [0.5, 0.6) is 0 Å². The predicted molar refractivity (Wildman–Crippen MR) is 66.1 cm³/mol. The molecule has 0 bridgehead atoms. The highest BCUT2D eigenvalue weighted by Gasteiger charge is 2.16. The van der Waals surface area contributed by atoms with E-state index in [4.69, 9.17) is 15.6 Å². The first-order valence-electron chi connectivity index (χ1n) is 6.46. The van der Waals surface area contributed by atoms with Crippen molar-refractivity contribution < 1.29 is 19.4 Å². The highest BCUT2D eigenvalue weighted by atomic mass is 16.5. The van der Waals surface area contributed by atoms with Crippen molar-refractivity contribution in [3.05, 3.63) is 0 Å². The molecule has 0 aromatic heterocycles. The van der Waals surface area contributed by atoms with Crippen LogP contribution in [-0.4, -0.2) is 42.3 Å². The maximum Gasteiger partial charge on any atom is 0.303 e. The highest BCUT2D eigenvalue weighted by molar-refractivity contribution is 5.82. The molecule has 6 heteroatoms. The second-order valence-corrected chi connectivity index (χ2v) is 4.61. The van der Waals surface area contributed by atoms with Crippen LogP contribution in [0.3, 0.4) is 0 Å². The van der Waals surface area contributed by atoms with Crippen molar-refractivity contribution >= 4 is 11.9 Å². The lowest BCUT2D eigenvalue weighted by molar-refractivity contribution is -0.137. The number of amides is 1. The predicted octanol–water partition coefficient (Wildman–Crippen LogP) is 0.254. The van der Waals surface area contributed by atoms with Gasteiger partial charge in [0, 0.05) is 19.6 Å². The second kappa shape index (κ2) is 8.05. The van der Waals surface area contributed by atoms with E-state index in [1.807, 2.05) is 0 Å². The largest absolute Gasteiger partial charge is 0.481 e. The van der Waals surface area contributed by atoms with E-state index in [0.29, 0.717) is 6.54 Å². The normalized spacial score (nSPS) is 21.3. The minimum absolute atomic E-state index is 0.0830. The van der Waals surface area contributed by atoms with Gasteiger partial charge < -0.3 is 20.9 Å². The minimum atomic E-state index is -0.936. The molecule has 0 spiro atoms. The first-order chi connectivity index (χ1) is 8.59. The molecule has 1 heterocycles. The summed E-state index contributed by atoms with van der Waals surface area (Å²) in [6, 6.07) is -0.742. The number of hydrogen-bond acceptors (Lipinski definition) is 4. The van der Waals surface area contributed by atoms with E-state index in [-0.39, 0.29) is 24.9 Å². The number of aliphatic carboxylic acids is 1. The molecule has 0 aliphatic carbocycles. The van der Waals surface area contributed by atoms with Gasteiger partial charge in [-0.05, 0) is 32.1 Å². The Labute approximate surface area is 107 Å². The number of nitrogens with one attached hydrogen (secondary N) is 1. The molecule has 1 saturated heterocycles. The molecule has 0 aromatic rings. The molecule has 0 aromatic carbocycles. The van der Waals surface area contributed by atoms with E-state index in [0.717, 1.165) is 25.9 Å². The zero-order valence-electron chi connectivity index (χ0n) is 10.6. The molecule has 4 N–H and O–H groups in total. The van der Waals surface area contributed by atoms with Crippen LogP contribution in [0, 0.1) is 0 Å². The van der Waals surface area contributed by atoms with Gasteiger partial charge in [-0.1, -0.05) is 0 Å². The van der Waals surface area contributed by atoms with Gasteiger partial charge in [-0.15, -0.1) is 0 Å². The second-order valence-electron chi connectivity index (χ2n) is 4.61. The van der Waals surface area contributed by atoms with Crippen molar-refractivity contribution in [1.29, 1.82) is 0 Å². The summed E-state index contributed by atoms with van der Waals surface area (Å²) in [5.41, 5.74) is 5.58. The van der Waals surface area contributed by atoms with Crippen LogP contribution in [0.15, 0.2) is 0 Å². The fraction of sp³-hybridized carbons (Fsp3) is 0.833. The molecule has 1 fully saturated rings. The van der Waals surface area contributed by atoms with E-state index in [1.165, 1.54) is 6.42 Å². The Morgan fingerprint density at radius 3 is 2.83 bits per heavy atom. The summed E-state index contributed by atoms with van der Waals surface area (Å²) < 4.78 is 5.54. The summed E-state index contributed by atoms with van der Waals surface area (Å²) in [6.45, 7) is 1.33. The zero-order valence-corrected chi connectivity index (χ0v) is 10.6. The number of rotatable bonds is 7. The number of carbonyl (C=O) groups is 2. The van der Waals surface area contributed by atoms with Crippen molar-refractivity contribution in [1.82, 2.24) is 5.32 Å². The van der Waals surface area contributed by atoms with Gasteiger partial charge in [0.25, 0.3) is 0 Å². The molecule has 6 nitrogen and oxygen atoms in total. The van der Waals surface area contributed by atoms with Crippen molar-refractivity contribution in [2.75, 3.05) is 13.2 Å². The number of nitrogens with two attached hydrogens (primary N) is 1. The SMILES string of the molecule is NC(CCC(=O)O)C(=O)NCCC1CCCCO1. The first kappa shape index (κ1) is 14.9. The molecule has 0 radical (unpaired) electrons. The van der Waals surface area contributed by atoms with Gasteiger partial charge in [-0.25, -0.2) is 0 Å².